The van der Waals surface area contributed by atoms with Gasteiger partial charge in [0.2, 0.25) is 0 Å². The fraction of sp³-hybridized carbons (Fsp3) is 0.522. The summed E-state index contributed by atoms with van der Waals surface area (Å²) in [5.74, 6) is -3.37. The highest BCUT2D eigenvalue weighted by Gasteiger charge is 2.63. The highest BCUT2D eigenvalue weighted by atomic mass is 35.5. The highest BCUT2D eigenvalue weighted by molar-refractivity contribution is 6.30. The average Bonchev–Trinajstić information content (AvgIpc) is 2.88. The minimum atomic E-state index is -1.35. The fourth-order valence-corrected chi connectivity index (χ4v) is 4.76. The lowest BCUT2D eigenvalue weighted by atomic mass is 9.71. The molecule has 0 saturated carbocycles. The van der Waals surface area contributed by atoms with Crippen molar-refractivity contribution in [3.63, 3.8) is 0 Å². The van der Waals surface area contributed by atoms with Crippen molar-refractivity contribution in [2.75, 3.05) is 7.11 Å². The molecule has 1 aromatic carbocycles. The predicted octanol–water partition coefficient (Wildman–Crippen LogP) is 3.81. The number of benzene rings is 1. The van der Waals surface area contributed by atoms with E-state index in [1.807, 2.05) is 0 Å². The second-order valence-electron chi connectivity index (χ2n) is 9.02. The van der Waals surface area contributed by atoms with Gasteiger partial charge in [0.1, 0.15) is 17.6 Å². The van der Waals surface area contributed by atoms with Crippen LogP contribution in [-0.4, -0.2) is 47.3 Å². The molecule has 2 aliphatic heterocycles. The molecular weight excluding hydrogens is 422 g/mol. The summed E-state index contributed by atoms with van der Waals surface area (Å²) in [6.45, 7) is 10.2. The van der Waals surface area contributed by atoms with Crippen molar-refractivity contribution in [2.24, 2.45) is 5.92 Å². The lowest BCUT2D eigenvalue weighted by Gasteiger charge is -2.48. The van der Waals surface area contributed by atoms with Gasteiger partial charge in [-0.25, -0.2) is 4.79 Å². The lowest BCUT2D eigenvalue weighted by Crippen LogP contribution is -2.58. The third-order valence-corrected chi connectivity index (χ3v) is 5.88. The number of hydrogen-bond acceptors (Lipinski definition) is 6. The molecule has 1 saturated heterocycles. The van der Waals surface area contributed by atoms with E-state index in [0.717, 1.165) is 0 Å². The molecule has 1 aromatic rings. The summed E-state index contributed by atoms with van der Waals surface area (Å²) in [6.07, 6.45) is -0.790. The second-order valence-corrected chi connectivity index (χ2v) is 9.46. The van der Waals surface area contributed by atoms with Crippen LogP contribution in [0.25, 0.3) is 0 Å². The molecule has 2 heterocycles. The van der Waals surface area contributed by atoms with Crippen LogP contribution in [-0.2, 0) is 28.6 Å². The Hall–Kier alpha value is -2.38. The van der Waals surface area contributed by atoms with Crippen molar-refractivity contribution in [3.05, 3.63) is 46.1 Å². The molecule has 0 N–H and O–H groups in total. The van der Waals surface area contributed by atoms with E-state index in [4.69, 9.17) is 25.8 Å². The van der Waals surface area contributed by atoms with E-state index in [-0.39, 0.29) is 11.5 Å². The molecule has 3 rings (SSSR count). The van der Waals surface area contributed by atoms with Crippen LogP contribution in [0.15, 0.2) is 35.5 Å². The standard InChI is InChI=1S/C23H28ClNO6/c1-12-16(20(27)29-7)17(14-9-8-10-15(24)11-14)18(21(28)31-22(3,4)5)23(6)25(12)19(26)13(2)30-23/h8-11,13,17-18H,1-7H3/t13-,17+,18+,23-/m1/s1. The molecule has 0 radical (unpaired) electrons. The predicted molar refractivity (Wildman–Crippen MR) is 114 cm³/mol. The zero-order valence-electron chi connectivity index (χ0n) is 18.8. The molecule has 168 valence electrons. The number of halogens is 1. The summed E-state index contributed by atoms with van der Waals surface area (Å²) in [5, 5.41) is 0.451. The summed E-state index contributed by atoms with van der Waals surface area (Å²) in [6, 6.07) is 6.92. The normalized spacial score (nSPS) is 28.5. The number of methoxy groups -OCH3 is 1. The van der Waals surface area contributed by atoms with E-state index in [2.05, 4.69) is 0 Å². The monoisotopic (exact) mass is 449 g/mol. The highest BCUT2D eigenvalue weighted by Crippen LogP contribution is 2.52. The van der Waals surface area contributed by atoms with Gasteiger partial charge in [0, 0.05) is 16.6 Å². The van der Waals surface area contributed by atoms with Crippen LogP contribution in [0.3, 0.4) is 0 Å². The van der Waals surface area contributed by atoms with Crippen molar-refractivity contribution < 1.29 is 28.6 Å². The van der Waals surface area contributed by atoms with Crippen molar-refractivity contribution in [1.29, 1.82) is 0 Å². The SMILES string of the molecule is COC(=O)C1=C(C)N2C(=O)[C@@H](C)O[C@]2(C)[C@H](C(=O)OC(C)(C)C)[C@H]1c1cccc(Cl)c1. The Labute approximate surface area is 187 Å². The van der Waals surface area contributed by atoms with Crippen molar-refractivity contribution >= 4 is 29.4 Å². The molecule has 1 fully saturated rings. The molecule has 1 amide bonds. The van der Waals surface area contributed by atoms with E-state index in [1.165, 1.54) is 12.0 Å². The van der Waals surface area contributed by atoms with E-state index in [9.17, 15) is 14.4 Å². The fourth-order valence-electron chi connectivity index (χ4n) is 4.56. The minimum absolute atomic E-state index is 0.198. The summed E-state index contributed by atoms with van der Waals surface area (Å²) in [5.41, 5.74) is -0.933. The molecule has 8 heteroatoms. The van der Waals surface area contributed by atoms with Gasteiger partial charge in [0.25, 0.3) is 5.91 Å². The first-order valence-electron chi connectivity index (χ1n) is 10.1. The molecule has 0 aromatic heterocycles. The van der Waals surface area contributed by atoms with E-state index in [1.54, 1.807) is 65.8 Å². The number of amides is 1. The van der Waals surface area contributed by atoms with Crippen molar-refractivity contribution in [2.45, 2.75) is 64.9 Å². The molecule has 2 aliphatic rings. The Morgan fingerprint density at radius 3 is 2.45 bits per heavy atom. The molecule has 0 bridgehead atoms. The number of carbonyl (C=O) groups is 3. The number of rotatable bonds is 3. The average molecular weight is 450 g/mol. The quantitative estimate of drug-likeness (QED) is 0.653. The molecular formula is C23H28ClNO6. The molecule has 0 aliphatic carbocycles. The van der Waals surface area contributed by atoms with E-state index < -0.39 is 41.2 Å². The summed E-state index contributed by atoms with van der Waals surface area (Å²) in [7, 11) is 1.26. The summed E-state index contributed by atoms with van der Waals surface area (Å²) < 4.78 is 16.9. The van der Waals surface area contributed by atoms with Gasteiger partial charge >= 0.3 is 11.9 Å². The Bertz CT molecular complexity index is 965. The first-order chi connectivity index (χ1) is 14.3. The van der Waals surface area contributed by atoms with Crippen LogP contribution < -0.4 is 0 Å². The smallest absolute Gasteiger partial charge is 0.336 e. The number of carbonyl (C=O) groups excluding carboxylic acids is 3. The van der Waals surface area contributed by atoms with Crippen molar-refractivity contribution in [1.82, 2.24) is 4.90 Å². The number of ether oxygens (including phenoxy) is 3. The third kappa shape index (κ3) is 3.96. The summed E-state index contributed by atoms with van der Waals surface area (Å²) >= 11 is 6.24. The van der Waals surface area contributed by atoms with Gasteiger partial charge in [0.05, 0.1) is 12.7 Å². The maximum Gasteiger partial charge on any atom is 0.336 e. The van der Waals surface area contributed by atoms with Crippen LogP contribution in [0.4, 0.5) is 0 Å². The van der Waals surface area contributed by atoms with Gasteiger partial charge in [-0.3, -0.25) is 14.5 Å². The van der Waals surface area contributed by atoms with Crippen LogP contribution in [0, 0.1) is 5.92 Å². The van der Waals surface area contributed by atoms with Crippen LogP contribution >= 0.6 is 11.6 Å². The second kappa shape index (κ2) is 7.95. The first-order valence-corrected chi connectivity index (χ1v) is 10.5. The van der Waals surface area contributed by atoms with E-state index >= 15 is 0 Å². The van der Waals surface area contributed by atoms with Gasteiger partial charge in [-0.05, 0) is 59.2 Å². The van der Waals surface area contributed by atoms with Gasteiger partial charge in [0.15, 0.2) is 5.72 Å². The number of hydrogen-bond donors (Lipinski definition) is 0. The number of allylic oxidation sites excluding steroid dienone is 1. The minimum Gasteiger partial charge on any atom is -0.466 e. The topological polar surface area (TPSA) is 82.1 Å². The summed E-state index contributed by atoms with van der Waals surface area (Å²) in [4.78, 5) is 40.9. The van der Waals surface area contributed by atoms with Crippen LogP contribution in [0.1, 0.15) is 53.0 Å². The number of fused-ring (bicyclic) bond motifs is 1. The van der Waals surface area contributed by atoms with Crippen LogP contribution in [0.5, 0.6) is 0 Å². The molecule has 0 spiro atoms. The Kier molecular flexibility index (Phi) is 5.97. The molecule has 7 nitrogen and oxygen atoms in total. The number of esters is 2. The van der Waals surface area contributed by atoms with E-state index in [0.29, 0.717) is 16.3 Å². The first kappa shape index (κ1) is 23.3. The molecule has 4 atom stereocenters. The van der Waals surface area contributed by atoms with Gasteiger partial charge < -0.3 is 14.2 Å². The van der Waals surface area contributed by atoms with Crippen molar-refractivity contribution in [3.8, 4) is 0 Å². The Morgan fingerprint density at radius 1 is 1.26 bits per heavy atom. The zero-order chi connectivity index (χ0) is 23.3. The third-order valence-electron chi connectivity index (χ3n) is 5.65. The van der Waals surface area contributed by atoms with Gasteiger partial charge in [-0.2, -0.15) is 0 Å². The molecule has 0 unspecified atom stereocenters. The Morgan fingerprint density at radius 2 is 1.90 bits per heavy atom. The number of nitrogens with zero attached hydrogens (tertiary/aromatic N) is 1. The lowest BCUT2D eigenvalue weighted by molar-refractivity contribution is -0.186. The maximum absolute atomic E-state index is 13.6. The zero-order valence-corrected chi connectivity index (χ0v) is 19.6. The van der Waals surface area contributed by atoms with Gasteiger partial charge in [-0.15, -0.1) is 0 Å². The van der Waals surface area contributed by atoms with Gasteiger partial charge in [-0.1, -0.05) is 23.7 Å². The largest absolute Gasteiger partial charge is 0.466 e. The molecule has 31 heavy (non-hydrogen) atoms. The Balaban J connectivity index is 2.33. The maximum atomic E-state index is 13.6. The van der Waals surface area contributed by atoms with Crippen LogP contribution in [0.2, 0.25) is 5.02 Å².